The van der Waals surface area contributed by atoms with E-state index in [4.69, 9.17) is 23.8 Å². The number of aryl methyl sites for hydroxylation is 2. The molecule has 0 bridgehead atoms. The first-order valence-electron chi connectivity index (χ1n) is 6.06. The van der Waals surface area contributed by atoms with Gasteiger partial charge in [0.2, 0.25) is 0 Å². The van der Waals surface area contributed by atoms with E-state index in [0.717, 1.165) is 11.3 Å². The lowest BCUT2D eigenvalue weighted by molar-refractivity contribution is 0.628. The Morgan fingerprint density at radius 1 is 1.10 bits per heavy atom. The molecule has 20 heavy (non-hydrogen) atoms. The molecule has 0 fully saturated rings. The minimum Gasteiger partial charge on any atom is -0.332 e. The first-order valence-corrected chi connectivity index (χ1v) is 6.84. The summed E-state index contributed by atoms with van der Waals surface area (Å²) in [6, 6.07) is 10.4. The molecule has 0 heterocycles. The van der Waals surface area contributed by atoms with Gasteiger partial charge in [0.05, 0.1) is 5.02 Å². The SMILES string of the molecule is Cc1ccc(NC(=S)Nc2ccc(F)c(Cl)c2)c(C)c1. The van der Waals surface area contributed by atoms with Crippen LogP contribution in [-0.2, 0) is 0 Å². The largest absolute Gasteiger partial charge is 0.332 e. The Bertz CT molecular complexity index is 658. The third kappa shape index (κ3) is 3.68. The average Bonchev–Trinajstić information content (AvgIpc) is 2.37. The number of nitrogens with one attached hydrogen (secondary N) is 2. The number of hydrogen-bond donors (Lipinski definition) is 2. The molecule has 2 nitrogen and oxygen atoms in total. The van der Waals surface area contributed by atoms with Crippen molar-refractivity contribution in [3.63, 3.8) is 0 Å². The predicted molar refractivity (Wildman–Crippen MR) is 87.2 cm³/mol. The quantitative estimate of drug-likeness (QED) is 0.771. The molecule has 0 saturated carbocycles. The Morgan fingerprint density at radius 3 is 2.50 bits per heavy atom. The summed E-state index contributed by atoms with van der Waals surface area (Å²) >= 11 is 10.9. The van der Waals surface area contributed by atoms with Gasteiger partial charge in [-0.05, 0) is 55.9 Å². The van der Waals surface area contributed by atoms with Crippen molar-refractivity contribution >= 4 is 40.3 Å². The summed E-state index contributed by atoms with van der Waals surface area (Å²) in [4.78, 5) is 0. The van der Waals surface area contributed by atoms with E-state index in [0.29, 0.717) is 10.8 Å². The van der Waals surface area contributed by atoms with Crippen molar-refractivity contribution in [2.75, 3.05) is 10.6 Å². The third-order valence-corrected chi connectivity index (χ3v) is 3.30. The van der Waals surface area contributed by atoms with Crippen molar-refractivity contribution in [1.82, 2.24) is 0 Å². The Labute approximate surface area is 128 Å². The zero-order chi connectivity index (χ0) is 14.7. The molecule has 0 saturated heterocycles. The molecule has 0 amide bonds. The van der Waals surface area contributed by atoms with Gasteiger partial charge in [-0.15, -0.1) is 0 Å². The van der Waals surface area contributed by atoms with Crippen LogP contribution in [0.3, 0.4) is 0 Å². The molecule has 0 spiro atoms. The van der Waals surface area contributed by atoms with Crippen LogP contribution in [0.2, 0.25) is 5.02 Å². The highest BCUT2D eigenvalue weighted by Gasteiger charge is 2.04. The average molecular weight is 309 g/mol. The van der Waals surface area contributed by atoms with Gasteiger partial charge >= 0.3 is 0 Å². The highest BCUT2D eigenvalue weighted by atomic mass is 35.5. The van der Waals surface area contributed by atoms with Crippen molar-refractivity contribution in [1.29, 1.82) is 0 Å². The van der Waals surface area contributed by atoms with Crippen molar-refractivity contribution in [2.45, 2.75) is 13.8 Å². The van der Waals surface area contributed by atoms with Gasteiger partial charge in [0.1, 0.15) is 5.82 Å². The lowest BCUT2D eigenvalue weighted by Gasteiger charge is -2.13. The standard InChI is InChI=1S/C15H14ClFN2S/c1-9-3-6-14(10(2)7-9)19-15(20)18-11-4-5-13(17)12(16)8-11/h3-8H,1-2H3,(H2,18,19,20). The molecule has 0 aliphatic carbocycles. The fraction of sp³-hybridized carbons (Fsp3) is 0.133. The number of rotatable bonds is 2. The number of benzene rings is 2. The van der Waals surface area contributed by atoms with E-state index < -0.39 is 5.82 Å². The number of hydrogen-bond acceptors (Lipinski definition) is 1. The molecular formula is C15H14ClFN2S. The Balaban J connectivity index is 2.07. The van der Waals surface area contributed by atoms with Crippen LogP contribution in [0.25, 0.3) is 0 Å². The van der Waals surface area contributed by atoms with E-state index in [1.54, 1.807) is 6.07 Å². The lowest BCUT2D eigenvalue weighted by atomic mass is 10.1. The normalized spacial score (nSPS) is 10.2. The van der Waals surface area contributed by atoms with Crippen LogP contribution in [0.15, 0.2) is 36.4 Å². The zero-order valence-corrected chi connectivity index (χ0v) is 12.7. The molecule has 2 aromatic rings. The second-order valence-electron chi connectivity index (χ2n) is 4.53. The van der Waals surface area contributed by atoms with Gasteiger partial charge in [0.25, 0.3) is 0 Å². The van der Waals surface area contributed by atoms with Crippen LogP contribution < -0.4 is 10.6 Å². The Morgan fingerprint density at radius 2 is 1.85 bits per heavy atom. The molecule has 2 aromatic carbocycles. The zero-order valence-electron chi connectivity index (χ0n) is 11.1. The number of thiocarbonyl (C=S) groups is 1. The van der Waals surface area contributed by atoms with Crippen LogP contribution in [0.4, 0.5) is 15.8 Å². The lowest BCUT2D eigenvalue weighted by Crippen LogP contribution is -2.19. The van der Waals surface area contributed by atoms with E-state index in [-0.39, 0.29) is 5.02 Å². The first kappa shape index (κ1) is 14.8. The molecule has 2 N–H and O–H groups in total. The summed E-state index contributed by atoms with van der Waals surface area (Å²) in [5.41, 5.74) is 3.86. The van der Waals surface area contributed by atoms with E-state index in [9.17, 15) is 4.39 Å². The van der Waals surface area contributed by atoms with Crippen molar-refractivity contribution in [3.05, 3.63) is 58.4 Å². The Kier molecular flexibility index (Phi) is 4.57. The Hall–Kier alpha value is -1.65. The van der Waals surface area contributed by atoms with Crippen LogP contribution in [0.1, 0.15) is 11.1 Å². The molecule has 5 heteroatoms. The molecule has 0 aromatic heterocycles. The van der Waals surface area contributed by atoms with Gasteiger partial charge in [-0.1, -0.05) is 29.3 Å². The van der Waals surface area contributed by atoms with Crippen molar-refractivity contribution < 1.29 is 4.39 Å². The maximum Gasteiger partial charge on any atom is 0.175 e. The molecule has 2 rings (SSSR count). The van der Waals surface area contributed by atoms with Gasteiger partial charge in [0, 0.05) is 11.4 Å². The summed E-state index contributed by atoms with van der Waals surface area (Å²) in [6.45, 7) is 4.04. The van der Waals surface area contributed by atoms with Crippen LogP contribution in [-0.4, -0.2) is 5.11 Å². The maximum absolute atomic E-state index is 13.1. The van der Waals surface area contributed by atoms with Crippen LogP contribution >= 0.6 is 23.8 Å². The number of halogens is 2. The minimum absolute atomic E-state index is 0.0596. The van der Waals surface area contributed by atoms with E-state index in [1.165, 1.54) is 17.7 Å². The highest BCUT2D eigenvalue weighted by Crippen LogP contribution is 2.20. The summed E-state index contributed by atoms with van der Waals surface area (Å²) in [5, 5.41) is 6.56. The maximum atomic E-state index is 13.1. The molecule has 0 unspecified atom stereocenters. The summed E-state index contributed by atoms with van der Waals surface area (Å²) in [5.74, 6) is -0.453. The second kappa shape index (κ2) is 6.20. The summed E-state index contributed by atoms with van der Waals surface area (Å²) in [7, 11) is 0. The molecule has 0 aliphatic heterocycles. The van der Waals surface area contributed by atoms with E-state index >= 15 is 0 Å². The summed E-state index contributed by atoms with van der Waals surface area (Å²) in [6.07, 6.45) is 0. The van der Waals surface area contributed by atoms with E-state index in [2.05, 4.69) is 16.7 Å². The van der Waals surface area contributed by atoms with Gasteiger partial charge < -0.3 is 10.6 Å². The second-order valence-corrected chi connectivity index (χ2v) is 5.34. The fourth-order valence-electron chi connectivity index (χ4n) is 1.81. The predicted octanol–water partition coefficient (Wildman–Crippen LogP) is 4.90. The van der Waals surface area contributed by atoms with Crippen molar-refractivity contribution in [2.24, 2.45) is 0 Å². The minimum atomic E-state index is -0.453. The van der Waals surface area contributed by atoms with Gasteiger partial charge in [-0.3, -0.25) is 0 Å². The van der Waals surface area contributed by atoms with Gasteiger partial charge in [-0.25, -0.2) is 4.39 Å². The topological polar surface area (TPSA) is 24.1 Å². The summed E-state index contributed by atoms with van der Waals surface area (Å²) < 4.78 is 13.1. The number of anilines is 2. The molecule has 104 valence electrons. The van der Waals surface area contributed by atoms with Crippen LogP contribution in [0.5, 0.6) is 0 Å². The molecule has 0 radical (unpaired) electrons. The monoisotopic (exact) mass is 308 g/mol. The molecular weight excluding hydrogens is 295 g/mol. The molecule has 0 aliphatic rings. The van der Waals surface area contributed by atoms with Crippen molar-refractivity contribution in [3.8, 4) is 0 Å². The smallest absolute Gasteiger partial charge is 0.175 e. The highest BCUT2D eigenvalue weighted by molar-refractivity contribution is 7.80. The third-order valence-electron chi connectivity index (χ3n) is 2.81. The van der Waals surface area contributed by atoms with Crippen LogP contribution in [0, 0.1) is 19.7 Å². The van der Waals surface area contributed by atoms with Gasteiger partial charge in [-0.2, -0.15) is 0 Å². The fourth-order valence-corrected chi connectivity index (χ4v) is 2.22. The first-order chi connectivity index (χ1) is 9.45. The molecule has 0 atom stereocenters. The van der Waals surface area contributed by atoms with E-state index in [1.807, 2.05) is 26.0 Å². The van der Waals surface area contributed by atoms with Gasteiger partial charge in [0.15, 0.2) is 5.11 Å².